The molecule has 0 fully saturated rings. The van der Waals surface area contributed by atoms with Crippen molar-refractivity contribution >= 4 is 22.7 Å². The summed E-state index contributed by atoms with van der Waals surface area (Å²) in [5.41, 5.74) is 14.3. The van der Waals surface area contributed by atoms with Crippen LogP contribution in [0.25, 0.3) is 22.3 Å². The first-order valence-electron chi connectivity index (χ1n) is 19.4. The minimum Gasteiger partial charge on any atom is -0.334 e. The highest BCUT2D eigenvalue weighted by atomic mass is 15.2. The molecule has 272 valence electrons. The second-order valence-electron chi connectivity index (χ2n) is 14.2. The summed E-state index contributed by atoms with van der Waals surface area (Å²) in [5, 5.41) is 0. The first-order chi connectivity index (χ1) is 27.7. The average molecular weight is 723 g/mol. The van der Waals surface area contributed by atoms with Crippen LogP contribution in [0.2, 0.25) is 0 Å². The zero-order chi connectivity index (χ0) is 38.1. The van der Waals surface area contributed by atoms with Crippen molar-refractivity contribution in [1.82, 2.24) is 0 Å². The number of rotatable bonds is 12. The van der Waals surface area contributed by atoms with Crippen LogP contribution in [0.1, 0.15) is 24.3 Å². The van der Waals surface area contributed by atoms with Crippen LogP contribution in [0.15, 0.2) is 248 Å². The van der Waals surface area contributed by atoms with Gasteiger partial charge in [-0.25, -0.2) is 0 Å². The topological polar surface area (TPSA) is 6.48 Å². The van der Waals surface area contributed by atoms with Gasteiger partial charge < -0.3 is 9.80 Å². The minimum atomic E-state index is 0.164. The number of allylic oxidation sites excluding steroid dienone is 10. The Kier molecular flexibility index (Phi) is 11.0. The van der Waals surface area contributed by atoms with Crippen molar-refractivity contribution in [3.05, 3.63) is 254 Å². The molecule has 0 spiro atoms. The summed E-state index contributed by atoms with van der Waals surface area (Å²) in [7, 11) is 0. The van der Waals surface area contributed by atoms with Gasteiger partial charge in [0.15, 0.2) is 0 Å². The predicted molar refractivity (Wildman–Crippen MR) is 240 cm³/mol. The van der Waals surface area contributed by atoms with E-state index in [0.29, 0.717) is 0 Å². The van der Waals surface area contributed by atoms with E-state index in [2.05, 4.69) is 223 Å². The van der Waals surface area contributed by atoms with Gasteiger partial charge in [0.05, 0.1) is 6.04 Å². The molecule has 0 radical (unpaired) electrons. The molecule has 2 aliphatic carbocycles. The van der Waals surface area contributed by atoms with E-state index in [-0.39, 0.29) is 12.0 Å². The maximum Gasteiger partial charge on any atom is 0.0560 e. The maximum absolute atomic E-state index is 4.02. The number of benzene rings is 6. The summed E-state index contributed by atoms with van der Waals surface area (Å²) < 4.78 is 0. The van der Waals surface area contributed by atoms with E-state index in [0.717, 1.165) is 35.5 Å². The highest BCUT2D eigenvalue weighted by molar-refractivity contribution is 5.75. The van der Waals surface area contributed by atoms with Crippen LogP contribution < -0.4 is 9.80 Å². The lowest BCUT2D eigenvalue weighted by Crippen LogP contribution is -2.30. The molecule has 2 heteroatoms. The molecule has 56 heavy (non-hydrogen) atoms. The number of para-hydroxylation sites is 2. The maximum atomic E-state index is 4.02. The summed E-state index contributed by atoms with van der Waals surface area (Å²) >= 11 is 0. The summed E-state index contributed by atoms with van der Waals surface area (Å²) in [5.74, 6) is 0.234. The van der Waals surface area contributed by atoms with Gasteiger partial charge in [0.2, 0.25) is 0 Å². The first kappa shape index (κ1) is 36.1. The lowest BCUT2D eigenvalue weighted by molar-refractivity contribution is 0.781. The van der Waals surface area contributed by atoms with Crippen LogP contribution >= 0.6 is 0 Å². The van der Waals surface area contributed by atoms with Gasteiger partial charge in [0.25, 0.3) is 0 Å². The molecule has 8 rings (SSSR count). The summed E-state index contributed by atoms with van der Waals surface area (Å²) in [6.45, 7) is 7.90. The average Bonchev–Trinajstić information content (AvgIpc) is 3.28. The van der Waals surface area contributed by atoms with Crippen LogP contribution in [0.3, 0.4) is 0 Å². The molecule has 0 heterocycles. The van der Waals surface area contributed by atoms with Crippen molar-refractivity contribution in [3.8, 4) is 22.3 Å². The molecule has 0 bridgehead atoms. The molecule has 2 unspecified atom stereocenters. The molecule has 6 aromatic carbocycles. The zero-order valence-corrected chi connectivity index (χ0v) is 31.7. The van der Waals surface area contributed by atoms with Gasteiger partial charge in [-0.15, -0.1) is 0 Å². The smallest absolute Gasteiger partial charge is 0.0560 e. The highest BCUT2D eigenvalue weighted by Gasteiger charge is 2.23. The van der Waals surface area contributed by atoms with Crippen LogP contribution in [0.4, 0.5) is 22.7 Å². The van der Waals surface area contributed by atoms with E-state index < -0.39 is 0 Å². The predicted octanol–water partition coefficient (Wildman–Crippen LogP) is 14.5. The Balaban J connectivity index is 1.06. The molecule has 0 saturated heterocycles. The molecule has 2 atom stereocenters. The number of anilines is 4. The van der Waals surface area contributed by atoms with Gasteiger partial charge in [-0.3, -0.25) is 0 Å². The van der Waals surface area contributed by atoms with E-state index in [1.807, 2.05) is 18.2 Å². The summed E-state index contributed by atoms with van der Waals surface area (Å²) in [6.07, 6.45) is 21.2. The van der Waals surface area contributed by atoms with E-state index in [1.54, 1.807) is 0 Å². The fourth-order valence-corrected chi connectivity index (χ4v) is 7.88. The Morgan fingerprint density at radius 3 is 1.86 bits per heavy atom. The molecule has 0 aliphatic heterocycles. The Bertz CT molecular complexity index is 2450. The molecular weight excluding hydrogens is 677 g/mol. The lowest BCUT2D eigenvalue weighted by atomic mass is 9.88. The van der Waals surface area contributed by atoms with Crippen LogP contribution in [-0.2, 0) is 0 Å². The van der Waals surface area contributed by atoms with Gasteiger partial charge >= 0.3 is 0 Å². The zero-order valence-electron chi connectivity index (χ0n) is 31.7. The Hall–Kier alpha value is -6.90. The van der Waals surface area contributed by atoms with E-state index in [4.69, 9.17) is 0 Å². The van der Waals surface area contributed by atoms with Gasteiger partial charge in [0.1, 0.15) is 0 Å². The Morgan fingerprint density at radius 2 is 1.18 bits per heavy atom. The largest absolute Gasteiger partial charge is 0.334 e. The molecule has 2 nitrogen and oxygen atoms in total. The monoisotopic (exact) mass is 722 g/mol. The number of hydrogen-bond donors (Lipinski definition) is 0. The molecule has 0 aromatic heterocycles. The molecule has 0 amide bonds. The molecular formula is C54H46N2. The number of nitrogens with zero attached hydrogens (tertiary/aromatic N) is 2. The van der Waals surface area contributed by atoms with Crippen molar-refractivity contribution in [2.45, 2.75) is 24.8 Å². The Labute approximate surface area is 332 Å². The second kappa shape index (κ2) is 17.1. The van der Waals surface area contributed by atoms with Crippen LogP contribution in [0, 0.1) is 0 Å². The summed E-state index contributed by atoms with van der Waals surface area (Å²) in [6, 6.07) is 59.2. The van der Waals surface area contributed by atoms with Crippen molar-refractivity contribution < 1.29 is 0 Å². The van der Waals surface area contributed by atoms with E-state index >= 15 is 0 Å². The minimum absolute atomic E-state index is 0.164. The fourth-order valence-electron chi connectivity index (χ4n) is 7.88. The van der Waals surface area contributed by atoms with Crippen molar-refractivity contribution in [2.75, 3.05) is 9.80 Å². The van der Waals surface area contributed by atoms with Crippen molar-refractivity contribution in [3.63, 3.8) is 0 Å². The first-order valence-corrected chi connectivity index (χ1v) is 19.4. The molecule has 6 aromatic rings. The lowest BCUT2D eigenvalue weighted by Gasteiger charge is -2.33. The van der Waals surface area contributed by atoms with Crippen LogP contribution in [0.5, 0.6) is 0 Å². The number of hydrogen-bond acceptors (Lipinski definition) is 2. The summed E-state index contributed by atoms with van der Waals surface area (Å²) in [4.78, 5) is 4.86. The van der Waals surface area contributed by atoms with Gasteiger partial charge in [-0.2, -0.15) is 0 Å². The Morgan fingerprint density at radius 1 is 0.571 bits per heavy atom. The molecule has 0 saturated carbocycles. The van der Waals surface area contributed by atoms with Crippen molar-refractivity contribution in [2.24, 2.45) is 0 Å². The quantitative estimate of drug-likeness (QED) is 0.116. The SMILES string of the molecule is C=C/C=C(\C=C)C1=CCC(N(c2ccccc2)c2cccc(-c3cccc(C4C=CC=C(N(c5ccccc5)c5ccc(-c6ccccc6)cc5)C4)c3)c2)C=C1. The van der Waals surface area contributed by atoms with Crippen molar-refractivity contribution in [1.29, 1.82) is 0 Å². The second-order valence-corrected chi connectivity index (χ2v) is 14.2. The van der Waals surface area contributed by atoms with Gasteiger partial charge in [-0.1, -0.05) is 177 Å². The van der Waals surface area contributed by atoms with Gasteiger partial charge in [0, 0.05) is 34.4 Å². The van der Waals surface area contributed by atoms with Crippen LogP contribution in [-0.4, -0.2) is 6.04 Å². The normalized spacial score (nSPS) is 16.4. The van der Waals surface area contributed by atoms with Gasteiger partial charge in [-0.05, 0) is 106 Å². The molecule has 0 N–H and O–H groups in total. The van der Waals surface area contributed by atoms with E-state index in [1.165, 1.54) is 44.8 Å². The third kappa shape index (κ3) is 7.97. The third-order valence-electron chi connectivity index (χ3n) is 10.7. The van der Waals surface area contributed by atoms with E-state index in [9.17, 15) is 0 Å². The standard InChI is InChI=1S/C54H46N2/c1-3-17-41(4-2)43-30-34-51(35-31-43)55(49-24-10-6-11-25-49)53-28-15-22-47(39-53)45-20-14-21-46(38-45)48-23-16-29-54(40-48)56(50-26-12-7-13-27-50)52-36-32-44(33-37-52)42-18-8-5-9-19-42/h3-34,36-39,48,51H,1-2,35,40H2/b41-17+. The molecule has 2 aliphatic rings. The fraction of sp³-hybridized carbons (Fsp3) is 0.0741. The highest BCUT2D eigenvalue weighted by Crippen LogP contribution is 2.40. The third-order valence-corrected chi connectivity index (χ3v) is 10.7.